The van der Waals surface area contributed by atoms with Crippen LogP contribution < -0.4 is 15.8 Å². The van der Waals surface area contributed by atoms with Crippen LogP contribution in [0.25, 0.3) is 0 Å². The Kier molecular flexibility index (Phi) is 3.87. The van der Waals surface area contributed by atoms with Crippen LogP contribution in [0.2, 0.25) is 5.15 Å². The van der Waals surface area contributed by atoms with Crippen molar-refractivity contribution in [2.45, 2.75) is 0 Å². The molecule has 2 rings (SSSR count). The van der Waals surface area contributed by atoms with Crippen molar-refractivity contribution in [2.75, 3.05) is 18.2 Å². The monoisotopic (exact) mass is 277 g/mol. The van der Waals surface area contributed by atoms with E-state index < -0.39 is 0 Å². The fourth-order valence-electron chi connectivity index (χ4n) is 1.54. The lowest BCUT2D eigenvalue weighted by Gasteiger charge is -2.08. The largest absolute Gasteiger partial charge is 0.495 e. The number of amides is 1. The first-order chi connectivity index (χ1) is 9.10. The molecule has 19 heavy (non-hydrogen) atoms. The second-order valence-electron chi connectivity index (χ2n) is 3.76. The minimum absolute atomic E-state index is 0.312. The van der Waals surface area contributed by atoms with E-state index in [9.17, 15) is 4.79 Å². The number of nitrogens with one attached hydrogen (secondary N) is 1. The molecular formula is C13H12ClN3O2. The van der Waals surface area contributed by atoms with E-state index in [1.807, 2.05) is 0 Å². The molecule has 0 saturated carbocycles. The van der Waals surface area contributed by atoms with Gasteiger partial charge in [-0.2, -0.15) is 0 Å². The van der Waals surface area contributed by atoms with Gasteiger partial charge >= 0.3 is 0 Å². The molecule has 0 aliphatic heterocycles. The van der Waals surface area contributed by atoms with Gasteiger partial charge in [-0.3, -0.25) is 4.79 Å². The van der Waals surface area contributed by atoms with Gasteiger partial charge in [-0.05, 0) is 30.3 Å². The SMILES string of the molecule is COc1ccc(C(=O)Nc2cccc(Cl)n2)cc1N. The molecule has 5 nitrogen and oxygen atoms in total. The molecule has 2 aromatic rings. The first-order valence-corrected chi connectivity index (χ1v) is 5.85. The minimum Gasteiger partial charge on any atom is -0.495 e. The maximum Gasteiger partial charge on any atom is 0.256 e. The Morgan fingerprint density at radius 3 is 2.79 bits per heavy atom. The predicted octanol–water partition coefficient (Wildman–Crippen LogP) is 2.58. The highest BCUT2D eigenvalue weighted by molar-refractivity contribution is 6.29. The van der Waals surface area contributed by atoms with Gasteiger partial charge < -0.3 is 15.8 Å². The number of carbonyl (C=O) groups is 1. The molecule has 98 valence electrons. The quantitative estimate of drug-likeness (QED) is 0.668. The summed E-state index contributed by atoms with van der Waals surface area (Å²) in [4.78, 5) is 16.0. The Balaban J connectivity index is 2.18. The van der Waals surface area contributed by atoms with Crippen LogP contribution in [0.1, 0.15) is 10.4 Å². The van der Waals surface area contributed by atoms with E-state index in [-0.39, 0.29) is 5.91 Å². The van der Waals surface area contributed by atoms with Crippen LogP contribution in [0.4, 0.5) is 11.5 Å². The van der Waals surface area contributed by atoms with Gasteiger partial charge in [-0.25, -0.2) is 4.98 Å². The second-order valence-corrected chi connectivity index (χ2v) is 4.14. The average molecular weight is 278 g/mol. The molecule has 0 aliphatic rings. The summed E-state index contributed by atoms with van der Waals surface area (Å²) in [6.45, 7) is 0. The molecule has 0 atom stereocenters. The van der Waals surface area contributed by atoms with Crippen molar-refractivity contribution in [1.82, 2.24) is 4.98 Å². The van der Waals surface area contributed by atoms with E-state index in [2.05, 4.69) is 10.3 Å². The number of aromatic nitrogens is 1. The number of carbonyl (C=O) groups excluding carboxylic acids is 1. The summed E-state index contributed by atoms with van der Waals surface area (Å²) in [5.41, 5.74) is 6.56. The third-order valence-corrected chi connectivity index (χ3v) is 2.66. The maximum absolute atomic E-state index is 12.0. The zero-order valence-electron chi connectivity index (χ0n) is 10.2. The van der Waals surface area contributed by atoms with E-state index in [0.717, 1.165) is 0 Å². The van der Waals surface area contributed by atoms with Gasteiger partial charge in [0.15, 0.2) is 0 Å². The number of nitrogens with zero attached hydrogens (tertiary/aromatic N) is 1. The van der Waals surface area contributed by atoms with Gasteiger partial charge in [0.25, 0.3) is 5.91 Å². The Bertz CT molecular complexity index is 617. The normalized spacial score (nSPS) is 10.0. The van der Waals surface area contributed by atoms with Crippen molar-refractivity contribution in [3.05, 3.63) is 47.1 Å². The van der Waals surface area contributed by atoms with Crippen molar-refractivity contribution < 1.29 is 9.53 Å². The predicted molar refractivity (Wildman–Crippen MR) is 74.6 cm³/mol. The number of anilines is 2. The van der Waals surface area contributed by atoms with Crippen LogP contribution in [-0.2, 0) is 0 Å². The van der Waals surface area contributed by atoms with Crippen LogP contribution >= 0.6 is 11.6 Å². The van der Waals surface area contributed by atoms with Crippen LogP contribution in [0.3, 0.4) is 0 Å². The average Bonchev–Trinajstić information content (AvgIpc) is 2.38. The van der Waals surface area contributed by atoms with Gasteiger partial charge in [0.05, 0.1) is 12.8 Å². The topological polar surface area (TPSA) is 77.2 Å². The third-order valence-electron chi connectivity index (χ3n) is 2.45. The Hall–Kier alpha value is -2.27. The number of nitrogen functional groups attached to an aromatic ring is 1. The van der Waals surface area contributed by atoms with Crippen LogP contribution in [0.15, 0.2) is 36.4 Å². The molecule has 0 spiro atoms. The molecule has 0 radical (unpaired) electrons. The smallest absolute Gasteiger partial charge is 0.256 e. The van der Waals surface area contributed by atoms with Crippen molar-refractivity contribution in [3.63, 3.8) is 0 Å². The van der Waals surface area contributed by atoms with Gasteiger partial charge in [0, 0.05) is 5.56 Å². The fraction of sp³-hybridized carbons (Fsp3) is 0.0769. The van der Waals surface area contributed by atoms with E-state index in [0.29, 0.717) is 28.0 Å². The summed E-state index contributed by atoms with van der Waals surface area (Å²) in [6.07, 6.45) is 0. The third kappa shape index (κ3) is 3.14. The zero-order chi connectivity index (χ0) is 13.8. The lowest BCUT2D eigenvalue weighted by Crippen LogP contribution is -2.13. The van der Waals surface area contributed by atoms with Gasteiger partial charge in [0.1, 0.15) is 16.7 Å². The number of halogens is 1. The Labute approximate surface area is 115 Å². The Morgan fingerprint density at radius 2 is 2.16 bits per heavy atom. The van der Waals surface area contributed by atoms with Crippen molar-refractivity contribution >= 4 is 29.0 Å². The summed E-state index contributed by atoms with van der Waals surface area (Å²) in [7, 11) is 1.52. The molecule has 0 saturated heterocycles. The zero-order valence-corrected chi connectivity index (χ0v) is 10.9. The van der Waals surface area contributed by atoms with E-state index in [4.69, 9.17) is 22.1 Å². The molecule has 1 aromatic carbocycles. The molecule has 0 aliphatic carbocycles. The van der Waals surface area contributed by atoms with Gasteiger partial charge in [0.2, 0.25) is 0 Å². The number of ether oxygens (including phenoxy) is 1. The van der Waals surface area contributed by atoms with Crippen molar-refractivity contribution in [1.29, 1.82) is 0 Å². The molecule has 1 amide bonds. The highest BCUT2D eigenvalue weighted by atomic mass is 35.5. The van der Waals surface area contributed by atoms with Crippen molar-refractivity contribution in [2.24, 2.45) is 0 Å². The first-order valence-electron chi connectivity index (χ1n) is 5.47. The summed E-state index contributed by atoms with van der Waals surface area (Å²) in [6, 6.07) is 9.77. The minimum atomic E-state index is -0.316. The standard InChI is InChI=1S/C13H12ClN3O2/c1-19-10-6-5-8(7-9(10)15)13(18)17-12-4-2-3-11(14)16-12/h2-7H,15H2,1H3,(H,16,17,18). The number of benzene rings is 1. The van der Waals surface area contributed by atoms with Gasteiger partial charge in [-0.15, -0.1) is 0 Å². The number of pyridine rings is 1. The van der Waals surface area contributed by atoms with Crippen LogP contribution in [-0.4, -0.2) is 18.0 Å². The molecule has 1 heterocycles. The number of nitrogens with two attached hydrogens (primary N) is 1. The lowest BCUT2D eigenvalue weighted by atomic mass is 10.2. The number of hydrogen-bond acceptors (Lipinski definition) is 4. The van der Waals surface area contributed by atoms with E-state index in [1.165, 1.54) is 7.11 Å². The molecule has 1 aromatic heterocycles. The van der Waals surface area contributed by atoms with Gasteiger partial charge in [-0.1, -0.05) is 17.7 Å². The molecule has 0 fully saturated rings. The molecule has 0 bridgehead atoms. The maximum atomic E-state index is 12.0. The fourth-order valence-corrected chi connectivity index (χ4v) is 1.71. The molecule has 3 N–H and O–H groups in total. The summed E-state index contributed by atoms with van der Waals surface area (Å²) < 4.78 is 5.03. The number of methoxy groups -OCH3 is 1. The van der Waals surface area contributed by atoms with E-state index >= 15 is 0 Å². The highest BCUT2D eigenvalue weighted by Gasteiger charge is 2.09. The summed E-state index contributed by atoms with van der Waals surface area (Å²) in [5.74, 6) is 0.591. The Morgan fingerprint density at radius 1 is 1.37 bits per heavy atom. The second kappa shape index (κ2) is 5.58. The van der Waals surface area contributed by atoms with Crippen LogP contribution in [0.5, 0.6) is 5.75 Å². The lowest BCUT2D eigenvalue weighted by molar-refractivity contribution is 0.102. The molecule has 0 unspecified atom stereocenters. The number of rotatable bonds is 3. The first kappa shape index (κ1) is 13.2. The number of hydrogen-bond donors (Lipinski definition) is 2. The van der Waals surface area contributed by atoms with Crippen LogP contribution in [0, 0.1) is 0 Å². The summed E-state index contributed by atoms with van der Waals surface area (Å²) >= 11 is 5.74. The highest BCUT2D eigenvalue weighted by Crippen LogP contribution is 2.22. The van der Waals surface area contributed by atoms with Crippen molar-refractivity contribution in [3.8, 4) is 5.75 Å². The van der Waals surface area contributed by atoms with E-state index in [1.54, 1.807) is 36.4 Å². The molecular weight excluding hydrogens is 266 g/mol. The molecule has 6 heteroatoms. The summed E-state index contributed by atoms with van der Waals surface area (Å²) in [5, 5.41) is 2.94.